The first-order chi connectivity index (χ1) is 15.4. The largest absolute Gasteiger partial charge is 0.353 e. The molecule has 1 aliphatic heterocycles. The molecule has 1 saturated heterocycles. The summed E-state index contributed by atoms with van der Waals surface area (Å²) in [4.78, 5) is 31.2. The molecule has 0 spiro atoms. The average molecular weight is 440 g/mol. The van der Waals surface area contributed by atoms with E-state index < -0.39 is 0 Å². The molecule has 32 heavy (non-hydrogen) atoms. The fraction of sp³-hybridized carbons (Fsp3) is 0.500. The molecule has 4 rings (SSSR count). The van der Waals surface area contributed by atoms with Gasteiger partial charge in [-0.15, -0.1) is 10.2 Å². The molecule has 0 radical (unpaired) electrons. The van der Waals surface area contributed by atoms with Gasteiger partial charge >= 0.3 is 0 Å². The fourth-order valence-corrected chi connectivity index (χ4v) is 3.99. The molecule has 2 aliphatic rings. The number of aromatic nitrogens is 2. The third-order valence-electron chi connectivity index (χ3n) is 6.10. The van der Waals surface area contributed by atoms with Gasteiger partial charge in [-0.25, -0.2) is 4.39 Å². The van der Waals surface area contributed by atoms with Crippen LogP contribution < -0.4 is 4.90 Å². The van der Waals surface area contributed by atoms with Gasteiger partial charge in [0.15, 0.2) is 5.82 Å². The molecule has 0 N–H and O–H groups in total. The van der Waals surface area contributed by atoms with E-state index in [2.05, 4.69) is 15.1 Å². The summed E-state index contributed by atoms with van der Waals surface area (Å²) in [5.74, 6) is 0.711. The van der Waals surface area contributed by atoms with E-state index in [-0.39, 0.29) is 36.1 Å². The maximum Gasteiger partial charge on any atom is 0.242 e. The lowest BCUT2D eigenvalue weighted by Gasteiger charge is -2.29. The normalized spacial score (nSPS) is 16.8. The van der Waals surface area contributed by atoms with Gasteiger partial charge in [0.05, 0.1) is 12.2 Å². The van der Waals surface area contributed by atoms with Gasteiger partial charge in [-0.1, -0.05) is 0 Å². The van der Waals surface area contributed by atoms with Crippen molar-refractivity contribution in [3.05, 3.63) is 42.2 Å². The van der Waals surface area contributed by atoms with Crippen LogP contribution in [0.2, 0.25) is 0 Å². The Morgan fingerprint density at radius 2 is 1.78 bits per heavy atom. The van der Waals surface area contributed by atoms with Crippen molar-refractivity contribution in [1.82, 2.24) is 20.0 Å². The van der Waals surface area contributed by atoms with Gasteiger partial charge in [0.1, 0.15) is 5.82 Å². The average Bonchev–Trinajstić information content (AvgIpc) is 3.64. The Morgan fingerprint density at radius 3 is 2.41 bits per heavy atom. The molecular formula is C24H30FN5O2. The molecule has 7 nitrogen and oxygen atoms in total. The van der Waals surface area contributed by atoms with Gasteiger partial charge < -0.3 is 14.7 Å². The lowest BCUT2D eigenvalue weighted by atomic mass is 10.1. The maximum atomic E-state index is 13.1. The van der Waals surface area contributed by atoms with Gasteiger partial charge in [0.25, 0.3) is 0 Å². The Bertz CT molecular complexity index is 944. The zero-order valence-electron chi connectivity index (χ0n) is 18.7. The lowest BCUT2D eigenvalue weighted by molar-refractivity contribution is -0.142. The second-order valence-electron chi connectivity index (χ2n) is 8.84. The number of benzene rings is 1. The van der Waals surface area contributed by atoms with Gasteiger partial charge in [0.2, 0.25) is 11.8 Å². The van der Waals surface area contributed by atoms with Crippen molar-refractivity contribution in [3.63, 3.8) is 0 Å². The monoisotopic (exact) mass is 439 g/mol. The molecule has 170 valence electrons. The highest BCUT2D eigenvalue weighted by atomic mass is 19.1. The third-order valence-corrected chi connectivity index (χ3v) is 6.10. The summed E-state index contributed by atoms with van der Waals surface area (Å²) in [6.45, 7) is 6.78. The van der Waals surface area contributed by atoms with E-state index in [4.69, 9.17) is 0 Å². The molecule has 1 aliphatic carbocycles. The van der Waals surface area contributed by atoms with Crippen LogP contribution in [0.15, 0.2) is 36.4 Å². The Morgan fingerprint density at radius 1 is 1.03 bits per heavy atom. The maximum absolute atomic E-state index is 13.1. The van der Waals surface area contributed by atoms with Gasteiger partial charge in [-0.3, -0.25) is 9.59 Å². The smallest absolute Gasteiger partial charge is 0.242 e. The van der Waals surface area contributed by atoms with Crippen LogP contribution in [0.25, 0.3) is 11.3 Å². The van der Waals surface area contributed by atoms with Gasteiger partial charge in [0, 0.05) is 43.7 Å². The van der Waals surface area contributed by atoms with Crippen molar-refractivity contribution in [2.45, 2.75) is 39.2 Å². The first kappa shape index (κ1) is 22.2. The van der Waals surface area contributed by atoms with Crippen LogP contribution in [0.1, 0.15) is 33.1 Å². The van der Waals surface area contributed by atoms with Gasteiger partial charge in [-0.05, 0) is 69.5 Å². The number of hydrogen-bond acceptors (Lipinski definition) is 5. The predicted molar refractivity (Wildman–Crippen MR) is 120 cm³/mol. The molecule has 2 fully saturated rings. The number of carbonyl (C=O) groups excluding carboxylic acids is 2. The summed E-state index contributed by atoms with van der Waals surface area (Å²) in [5.41, 5.74) is 1.50. The van der Waals surface area contributed by atoms with Crippen LogP contribution in [0.3, 0.4) is 0 Å². The molecule has 0 unspecified atom stereocenters. The minimum Gasteiger partial charge on any atom is -0.353 e. The van der Waals surface area contributed by atoms with E-state index >= 15 is 0 Å². The number of amides is 2. The highest BCUT2D eigenvalue weighted by molar-refractivity contribution is 5.87. The number of anilines is 1. The van der Waals surface area contributed by atoms with Crippen LogP contribution in [0, 0.1) is 11.7 Å². The SMILES string of the molecule is CC(C)N(CC(=O)N1CCCN(c2ccc(-c3ccc(F)cc3)nn2)CC1)C(=O)C1CC1. The van der Waals surface area contributed by atoms with Crippen molar-refractivity contribution in [3.8, 4) is 11.3 Å². The van der Waals surface area contributed by atoms with E-state index in [1.54, 1.807) is 17.0 Å². The number of halogens is 1. The second kappa shape index (κ2) is 9.63. The summed E-state index contributed by atoms with van der Waals surface area (Å²) >= 11 is 0. The molecule has 1 aromatic heterocycles. The lowest BCUT2D eigenvalue weighted by Crippen LogP contribution is -2.47. The number of carbonyl (C=O) groups is 2. The van der Waals surface area contributed by atoms with Gasteiger partial charge in [-0.2, -0.15) is 0 Å². The Labute approximate surface area is 188 Å². The van der Waals surface area contributed by atoms with Crippen LogP contribution >= 0.6 is 0 Å². The molecule has 8 heteroatoms. The zero-order valence-corrected chi connectivity index (χ0v) is 18.7. The van der Waals surface area contributed by atoms with E-state index in [1.165, 1.54) is 12.1 Å². The minimum absolute atomic E-state index is 0.00675. The third kappa shape index (κ3) is 5.23. The van der Waals surface area contributed by atoms with E-state index in [0.717, 1.165) is 37.2 Å². The molecule has 1 saturated carbocycles. The Kier molecular flexibility index (Phi) is 6.67. The molecule has 0 bridgehead atoms. The molecule has 2 aromatic rings. The fourth-order valence-electron chi connectivity index (χ4n) is 3.99. The van der Waals surface area contributed by atoms with Crippen molar-refractivity contribution < 1.29 is 14.0 Å². The minimum atomic E-state index is -0.282. The van der Waals surface area contributed by atoms with E-state index in [0.29, 0.717) is 25.3 Å². The highest BCUT2D eigenvalue weighted by Gasteiger charge is 2.35. The summed E-state index contributed by atoms with van der Waals surface area (Å²) in [7, 11) is 0. The van der Waals surface area contributed by atoms with E-state index in [1.807, 2.05) is 30.9 Å². The van der Waals surface area contributed by atoms with Crippen LogP contribution in [-0.2, 0) is 9.59 Å². The molecule has 1 aromatic carbocycles. The first-order valence-electron chi connectivity index (χ1n) is 11.4. The molecule has 0 atom stereocenters. The zero-order chi connectivity index (χ0) is 22.7. The standard InChI is InChI=1S/C24H30FN5O2/c1-17(2)30(24(32)19-4-5-19)16-23(31)29-13-3-12-28(14-15-29)22-11-10-21(26-27-22)18-6-8-20(25)9-7-18/h6-11,17,19H,3-5,12-16H2,1-2H3. The molecular weight excluding hydrogens is 409 g/mol. The number of nitrogens with zero attached hydrogens (tertiary/aromatic N) is 5. The van der Waals surface area contributed by atoms with Crippen molar-refractivity contribution >= 4 is 17.6 Å². The van der Waals surface area contributed by atoms with E-state index in [9.17, 15) is 14.0 Å². The number of hydrogen-bond donors (Lipinski definition) is 0. The van der Waals surface area contributed by atoms with Crippen LogP contribution in [-0.4, -0.2) is 70.6 Å². The molecule has 2 amide bonds. The van der Waals surface area contributed by atoms with Crippen molar-refractivity contribution in [2.24, 2.45) is 5.92 Å². The van der Waals surface area contributed by atoms with Crippen LogP contribution in [0.5, 0.6) is 0 Å². The first-order valence-corrected chi connectivity index (χ1v) is 11.4. The van der Waals surface area contributed by atoms with Crippen molar-refractivity contribution in [2.75, 3.05) is 37.6 Å². The summed E-state index contributed by atoms with van der Waals surface area (Å²) in [6, 6.07) is 10.00. The highest BCUT2D eigenvalue weighted by Crippen LogP contribution is 2.31. The van der Waals surface area contributed by atoms with Crippen molar-refractivity contribution in [1.29, 1.82) is 0 Å². The summed E-state index contributed by atoms with van der Waals surface area (Å²) in [5, 5.41) is 8.66. The quantitative estimate of drug-likeness (QED) is 0.692. The summed E-state index contributed by atoms with van der Waals surface area (Å²) in [6.07, 6.45) is 2.71. The Hall–Kier alpha value is -3.03. The topological polar surface area (TPSA) is 69.6 Å². The predicted octanol–water partition coefficient (Wildman–Crippen LogP) is 2.97. The summed E-state index contributed by atoms with van der Waals surface area (Å²) < 4.78 is 13.1. The second-order valence-corrected chi connectivity index (χ2v) is 8.84. The van der Waals surface area contributed by atoms with Crippen LogP contribution in [0.4, 0.5) is 10.2 Å². The number of rotatable bonds is 6. The molecule has 2 heterocycles. The Balaban J connectivity index is 1.35.